The molecule has 12 heavy (non-hydrogen) atoms. The molecule has 2 amide bonds. The second kappa shape index (κ2) is 2.10. The maximum Gasteiger partial charge on any atom is 0.315 e. The zero-order valence-electron chi connectivity index (χ0n) is 7.60. The summed E-state index contributed by atoms with van der Waals surface area (Å²) < 4.78 is 0. The zero-order valence-corrected chi connectivity index (χ0v) is 8.42. The minimum atomic E-state index is -0.0747. The first kappa shape index (κ1) is 8.23. The molecule has 2 heterocycles. The van der Waals surface area contributed by atoms with Crippen molar-refractivity contribution in [3.05, 3.63) is 0 Å². The van der Waals surface area contributed by atoms with Crippen LogP contribution in [0.15, 0.2) is 0 Å². The van der Waals surface area contributed by atoms with Gasteiger partial charge in [-0.1, -0.05) is 6.92 Å². The van der Waals surface area contributed by atoms with Crippen molar-refractivity contribution >= 4 is 17.8 Å². The van der Waals surface area contributed by atoms with Crippen LogP contribution in [0.2, 0.25) is 0 Å². The van der Waals surface area contributed by atoms with Crippen molar-refractivity contribution < 1.29 is 4.79 Å². The number of rotatable bonds is 0. The van der Waals surface area contributed by atoms with E-state index in [-0.39, 0.29) is 17.1 Å². The highest BCUT2D eigenvalue weighted by Crippen LogP contribution is 2.44. The van der Waals surface area contributed by atoms with Gasteiger partial charge in [0.25, 0.3) is 0 Å². The molecule has 0 aliphatic carbocycles. The Bertz CT molecular complexity index is 245. The van der Waals surface area contributed by atoms with Crippen molar-refractivity contribution in [1.82, 2.24) is 10.6 Å². The summed E-state index contributed by atoms with van der Waals surface area (Å²) in [6, 6.07) is -0.0212. The van der Waals surface area contributed by atoms with Crippen LogP contribution >= 0.6 is 11.8 Å². The molecule has 2 fully saturated rings. The monoisotopic (exact) mass is 186 g/mol. The fraction of sp³-hybridized carbons (Fsp3) is 0.875. The standard InChI is InChI=1S/C8H14N2OS/c1-5-8(3)7(2,4-12-5)9-6(11)10-8/h5H,4H2,1-3H3,(H2,9,10,11)/t5-,7-,8+/m0/s1. The van der Waals surface area contributed by atoms with Crippen LogP contribution in [0.5, 0.6) is 0 Å². The van der Waals surface area contributed by atoms with Gasteiger partial charge in [0.05, 0.1) is 11.1 Å². The summed E-state index contributed by atoms with van der Waals surface area (Å²) >= 11 is 1.91. The van der Waals surface area contributed by atoms with Crippen LogP contribution in [0.1, 0.15) is 20.8 Å². The maximum atomic E-state index is 11.2. The summed E-state index contributed by atoms with van der Waals surface area (Å²) in [6.45, 7) is 6.40. The number of carbonyl (C=O) groups is 1. The molecule has 0 aromatic heterocycles. The number of carbonyl (C=O) groups excluding carboxylic acids is 1. The third-order valence-electron chi connectivity index (χ3n) is 3.34. The van der Waals surface area contributed by atoms with Gasteiger partial charge < -0.3 is 10.6 Å². The molecule has 0 radical (unpaired) electrons. The van der Waals surface area contributed by atoms with Gasteiger partial charge in [-0.3, -0.25) is 0 Å². The molecule has 2 aliphatic heterocycles. The molecule has 3 nitrogen and oxygen atoms in total. The van der Waals surface area contributed by atoms with Gasteiger partial charge in [0.2, 0.25) is 0 Å². The minimum absolute atomic E-state index is 0.0212. The molecule has 2 saturated heterocycles. The van der Waals surface area contributed by atoms with Crippen molar-refractivity contribution in [2.45, 2.75) is 37.1 Å². The summed E-state index contributed by atoms with van der Waals surface area (Å²) in [5.74, 6) is 1.00. The first-order valence-electron chi connectivity index (χ1n) is 4.20. The Labute approximate surface area is 76.7 Å². The Kier molecular flexibility index (Phi) is 1.44. The number of hydrogen-bond donors (Lipinski definition) is 2. The molecule has 0 aromatic carbocycles. The molecule has 0 saturated carbocycles. The zero-order chi connectivity index (χ0) is 8.98. The molecule has 0 unspecified atom stereocenters. The van der Waals surface area contributed by atoms with E-state index < -0.39 is 0 Å². The largest absolute Gasteiger partial charge is 0.330 e. The van der Waals surface area contributed by atoms with Crippen LogP contribution < -0.4 is 10.6 Å². The van der Waals surface area contributed by atoms with Gasteiger partial charge in [0, 0.05) is 11.0 Å². The number of hydrogen-bond acceptors (Lipinski definition) is 2. The van der Waals surface area contributed by atoms with E-state index >= 15 is 0 Å². The van der Waals surface area contributed by atoms with E-state index in [0.29, 0.717) is 5.25 Å². The van der Waals surface area contributed by atoms with Gasteiger partial charge >= 0.3 is 6.03 Å². The van der Waals surface area contributed by atoms with E-state index in [1.165, 1.54) is 0 Å². The molecule has 0 bridgehead atoms. The molecule has 68 valence electrons. The van der Waals surface area contributed by atoms with Crippen LogP contribution in [-0.2, 0) is 0 Å². The fourth-order valence-corrected chi connectivity index (χ4v) is 3.59. The van der Waals surface area contributed by atoms with Gasteiger partial charge in [-0.05, 0) is 13.8 Å². The number of urea groups is 1. The molecule has 0 aromatic rings. The van der Waals surface area contributed by atoms with E-state index in [9.17, 15) is 4.79 Å². The van der Waals surface area contributed by atoms with Gasteiger partial charge in [-0.15, -0.1) is 0 Å². The van der Waals surface area contributed by atoms with Crippen LogP contribution in [0, 0.1) is 0 Å². The maximum absolute atomic E-state index is 11.2. The third kappa shape index (κ3) is 0.762. The van der Waals surface area contributed by atoms with Crippen molar-refractivity contribution in [1.29, 1.82) is 0 Å². The average molecular weight is 186 g/mol. The van der Waals surface area contributed by atoms with Crippen molar-refractivity contribution in [2.24, 2.45) is 0 Å². The molecular weight excluding hydrogens is 172 g/mol. The lowest BCUT2D eigenvalue weighted by atomic mass is 9.81. The van der Waals surface area contributed by atoms with E-state index in [1.54, 1.807) is 0 Å². The third-order valence-corrected chi connectivity index (χ3v) is 5.06. The number of nitrogens with one attached hydrogen (secondary N) is 2. The summed E-state index contributed by atoms with van der Waals surface area (Å²) in [4.78, 5) is 11.2. The SMILES string of the molecule is C[C@@H]1SC[C@]2(C)NC(=O)N[C@]12C. The number of amides is 2. The van der Waals surface area contributed by atoms with Crippen molar-refractivity contribution in [2.75, 3.05) is 5.75 Å². The molecule has 3 atom stereocenters. The Hall–Kier alpha value is -0.380. The van der Waals surface area contributed by atoms with E-state index in [2.05, 4.69) is 31.4 Å². The van der Waals surface area contributed by atoms with E-state index in [4.69, 9.17) is 0 Å². The van der Waals surface area contributed by atoms with E-state index in [1.807, 2.05) is 11.8 Å². The molecule has 4 heteroatoms. The topological polar surface area (TPSA) is 41.1 Å². The molecule has 2 N–H and O–H groups in total. The molecular formula is C8H14N2OS. The lowest BCUT2D eigenvalue weighted by molar-refractivity contribution is 0.245. The average Bonchev–Trinajstić information content (AvgIpc) is 2.28. The Morgan fingerprint density at radius 2 is 2.17 bits per heavy atom. The van der Waals surface area contributed by atoms with Crippen molar-refractivity contribution in [3.63, 3.8) is 0 Å². The summed E-state index contributed by atoms with van der Waals surface area (Å²) in [5, 5.41) is 6.49. The fourth-order valence-electron chi connectivity index (χ4n) is 1.98. The number of fused-ring (bicyclic) bond motifs is 1. The first-order chi connectivity index (χ1) is 5.48. The number of thioether (sulfide) groups is 1. The van der Waals surface area contributed by atoms with Gasteiger partial charge in [0.1, 0.15) is 0 Å². The molecule has 0 spiro atoms. The lowest BCUT2D eigenvalue weighted by Gasteiger charge is -2.34. The van der Waals surface area contributed by atoms with Gasteiger partial charge in [-0.25, -0.2) is 4.79 Å². The second-order valence-electron chi connectivity index (χ2n) is 4.07. The van der Waals surface area contributed by atoms with Crippen LogP contribution in [0.4, 0.5) is 4.79 Å². The lowest BCUT2D eigenvalue weighted by Crippen LogP contribution is -2.57. The molecule has 2 aliphatic rings. The normalized spacial score (nSPS) is 51.6. The van der Waals surface area contributed by atoms with Crippen LogP contribution in [-0.4, -0.2) is 28.1 Å². The Morgan fingerprint density at radius 3 is 2.75 bits per heavy atom. The minimum Gasteiger partial charge on any atom is -0.330 e. The van der Waals surface area contributed by atoms with Gasteiger partial charge in [0.15, 0.2) is 0 Å². The quantitative estimate of drug-likeness (QED) is 0.553. The predicted octanol–water partition coefficient (Wildman–Crippen LogP) is 0.952. The molecule has 2 rings (SSSR count). The van der Waals surface area contributed by atoms with Crippen molar-refractivity contribution in [3.8, 4) is 0 Å². The smallest absolute Gasteiger partial charge is 0.315 e. The summed E-state index contributed by atoms with van der Waals surface area (Å²) in [5.41, 5.74) is -0.136. The summed E-state index contributed by atoms with van der Waals surface area (Å²) in [6.07, 6.45) is 0. The predicted molar refractivity (Wildman–Crippen MR) is 50.4 cm³/mol. The Balaban J connectivity index is 2.38. The second-order valence-corrected chi connectivity index (χ2v) is 5.40. The van der Waals surface area contributed by atoms with Gasteiger partial charge in [-0.2, -0.15) is 11.8 Å². The highest BCUT2D eigenvalue weighted by Gasteiger charge is 2.59. The summed E-state index contributed by atoms with van der Waals surface area (Å²) in [7, 11) is 0. The highest BCUT2D eigenvalue weighted by molar-refractivity contribution is 8.00. The Morgan fingerprint density at radius 1 is 1.50 bits per heavy atom. The van der Waals surface area contributed by atoms with Crippen LogP contribution in [0.3, 0.4) is 0 Å². The van der Waals surface area contributed by atoms with Crippen LogP contribution in [0.25, 0.3) is 0 Å². The van der Waals surface area contributed by atoms with E-state index in [0.717, 1.165) is 5.75 Å². The first-order valence-corrected chi connectivity index (χ1v) is 5.25. The highest BCUT2D eigenvalue weighted by atomic mass is 32.2.